The first kappa shape index (κ1) is 44.7. The van der Waals surface area contributed by atoms with Gasteiger partial charge in [0.25, 0.3) is 0 Å². The zero-order valence-corrected chi connectivity index (χ0v) is 40.9. The summed E-state index contributed by atoms with van der Waals surface area (Å²) in [6, 6.07) is 65.7. The zero-order valence-electron chi connectivity index (χ0n) is 38.5. The van der Waals surface area contributed by atoms with Gasteiger partial charge in [-0.15, -0.1) is 22.7 Å². The topological polar surface area (TPSA) is 58.6 Å². The minimum atomic E-state index is -0.201. The Balaban J connectivity index is 0.878. The highest BCUT2D eigenvalue weighted by molar-refractivity contribution is 7.19. The van der Waals surface area contributed by atoms with Gasteiger partial charge in [-0.3, -0.25) is 4.79 Å². The molecule has 0 saturated carbocycles. The van der Waals surface area contributed by atoms with Crippen LogP contribution >= 0.6 is 34.4 Å². The van der Waals surface area contributed by atoms with Crippen molar-refractivity contribution in [3.05, 3.63) is 204 Å². The van der Waals surface area contributed by atoms with Crippen LogP contribution in [-0.4, -0.2) is 21.8 Å². The molecule has 9 heteroatoms. The number of anilines is 6. The van der Waals surface area contributed by atoms with Gasteiger partial charge >= 0.3 is 5.97 Å². The summed E-state index contributed by atoms with van der Waals surface area (Å²) >= 11 is 4.83. The molecular formula is C59H50N4O2S3. The van der Waals surface area contributed by atoms with Crippen molar-refractivity contribution >= 4 is 85.5 Å². The smallest absolute Gasteiger partial charge is 0.305 e. The Morgan fingerprint density at radius 1 is 0.456 bits per heavy atom. The van der Waals surface area contributed by atoms with Crippen molar-refractivity contribution in [2.75, 3.05) is 16.9 Å². The van der Waals surface area contributed by atoms with Crippen molar-refractivity contribution in [3.63, 3.8) is 0 Å². The van der Waals surface area contributed by atoms with Gasteiger partial charge in [0.2, 0.25) is 0 Å². The maximum absolute atomic E-state index is 11.8. The normalized spacial score (nSPS) is 11.2. The second-order valence-electron chi connectivity index (χ2n) is 17.0. The molecule has 336 valence electrons. The van der Waals surface area contributed by atoms with Gasteiger partial charge in [0.1, 0.15) is 11.0 Å². The molecule has 0 fully saturated rings. The van der Waals surface area contributed by atoms with Crippen LogP contribution in [0.1, 0.15) is 42.0 Å². The van der Waals surface area contributed by atoms with E-state index in [4.69, 9.17) is 13.5 Å². The van der Waals surface area contributed by atoms with Crippen LogP contribution in [0.15, 0.2) is 182 Å². The SMILES string of the molecule is CCCc1ccc(N(c2ccc(C)cc2)c2ccc(-c3ccc(-c4ccc(-c5ccc(-c6ccc(N(c7ccc(C)cc7)c7ccc(CCC(=O)OC)cc7)cc6)s5)c5nsnc45)s3)cc2)cc1. The van der Waals surface area contributed by atoms with Crippen molar-refractivity contribution < 1.29 is 9.53 Å². The molecule has 7 aromatic carbocycles. The molecule has 0 radical (unpaired) electrons. The van der Waals surface area contributed by atoms with E-state index in [1.54, 1.807) is 22.7 Å². The number of hydrogen-bond donors (Lipinski definition) is 0. The summed E-state index contributed by atoms with van der Waals surface area (Å²) in [6.45, 7) is 6.46. The van der Waals surface area contributed by atoms with Crippen LogP contribution in [0.3, 0.4) is 0 Å². The maximum Gasteiger partial charge on any atom is 0.305 e. The van der Waals surface area contributed by atoms with E-state index in [1.807, 2.05) is 0 Å². The van der Waals surface area contributed by atoms with Crippen LogP contribution in [0.2, 0.25) is 0 Å². The molecule has 0 spiro atoms. The predicted molar refractivity (Wildman–Crippen MR) is 288 cm³/mol. The second-order valence-corrected chi connectivity index (χ2v) is 19.7. The fourth-order valence-corrected chi connectivity index (χ4v) is 11.3. The Morgan fingerprint density at radius 2 is 0.809 bits per heavy atom. The number of benzene rings is 7. The number of carbonyl (C=O) groups is 1. The van der Waals surface area contributed by atoms with E-state index in [1.165, 1.54) is 55.7 Å². The molecule has 0 aliphatic heterocycles. The van der Waals surface area contributed by atoms with E-state index >= 15 is 0 Å². The lowest BCUT2D eigenvalue weighted by Gasteiger charge is -2.26. The van der Waals surface area contributed by atoms with Gasteiger partial charge in [0.15, 0.2) is 0 Å². The van der Waals surface area contributed by atoms with Crippen LogP contribution in [0.25, 0.3) is 52.8 Å². The van der Waals surface area contributed by atoms with E-state index in [2.05, 4.69) is 213 Å². The molecule has 0 saturated heterocycles. The molecule has 0 bridgehead atoms. The van der Waals surface area contributed by atoms with Gasteiger partial charge in [0.05, 0.1) is 18.8 Å². The number of aromatic nitrogens is 2. The number of ether oxygens (including phenoxy) is 1. The molecule has 10 aromatic rings. The van der Waals surface area contributed by atoms with Crippen LogP contribution in [0, 0.1) is 13.8 Å². The van der Waals surface area contributed by atoms with Crippen LogP contribution in [0.5, 0.6) is 0 Å². The highest BCUT2D eigenvalue weighted by Crippen LogP contribution is 2.44. The highest BCUT2D eigenvalue weighted by Gasteiger charge is 2.19. The summed E-state index contributed by atoms with van der Waals surface area (Å²) in [5.41, 5.74) is 17.9. The van der Waals surface area contributed by atoms with Crippen LogP contribution in [0.4, 0.5) is 34.1 Å². The summed E-state index contributed by atoms with van der Waals surface area (Å²) in [4.78, 5) is 21.1. The lowest BCUT2D eigenvalue weighted by Crippen LogP contribution is -2.10. The number of nitrogens with zero attached hydrogens (tertiary/aromatic N) is 4. The quantitative estimate of drug-likeness (QED) is 0.0955. The highest BCUT2D eigenvalue weighted by atomic mass is 32.1. The van der Waals surface area contributed by atoms with E-state index < -0.39 is 0 Å². The number of rotatable bonds is 15. The number of carbonyl (C=O) groups excluding carboxylic acids is 1. The van der Waals surface area contributed by atoms with Gasteiger partial charge in [-0.1, -0.05) is 109 Å². The Hall–Kier alpha value is -7.17. The summed E-state index contributed by atoms with van der Waals surface area (Å²) in [5.74, 6) is -0.201. The molecule has 0 N–H and O–H groups in total. The predicted octanol–water partition coefficient (Wildman–Crippen LogP) is 17.1. The van der Waals surface area contributed by atoms with E-state index in [0.717, 1.165) is 85.1 Å². The Morgan fingerprint density at radius 3 is 1.19 bits per heavy atom. The standard InChI is InChI=1S/C59H50N4O2S3/c1-5-6-41-11-24-47(25-12-41)62(45-20-7-39(2)8-21-45)49-28-16-43(17-29-49)53-34-36-55(66-53)51-32-33-52(59-58(51)60-68-61-59)56-37-35-54(67-56)44-18-30-50(31-19-44)63(46-22-9-40(3)10-23-46)48-26-13-42(14-27-48)15-38-57(64)65-4/h7-14,16-37H,5-6,15,38H2,1-4H3. The number of thiophene rings is 2. The first-order valence-electron chi connectivity index (χ1n) is 23.0. The lowest BCUT2D eigenvalue weighted by molar-refractivity contribution is -0.140. The lowest BCUT2D eigenvalue weighted by atomic mass is 10.1. The summed E-state index contributed by atoms with van der Waals surface area (Å²) in [7, 11) is 1.43. The minimum absolute atomic E-state index is 0.201. The van der Waals surface area contributed by atoms with Gasteiger partial charge in [-0.2, -0.15) is 8.75 Å². The van der Waals surface area contributed by atoms with Gasteiger partial charge < -0.3 is 14.5 Å². The number of methoxy groups -OCH3 is 1. The Kier molecular flexibility index (Phi) is 13.1. The largest absolute Gasteiger partial charge is 0.469 e. The molecular weight excluding hydrogens is 893 g/mol. The minimum Gasteiger partial charge on any atom is -0.469 e. The molecule has 0 amide bonds. The molecule has 10 rings (SSSR count). The third-order valence-corrected chi connectivity index (χ3v) is 15.2. The number of esters is 1. The monoisotopic (exact) mass is 942 g/mol. The van der Waals surface area contributed by atoms with Crippen molar-refractivity contribution in [3.8, 4) is 41.8 Å². The van der Waals surface area contributed by atoms with Gasteiger partial charge in [0, 0.05) is 71.2 Å². The van der Waals surface area contributed by atoms with E-state index in [9.17, 15) is 4.79 Å². The molecule has 68 heavy (non-hydrogen) atoms. The maximum atomic E-state index is 11.8. The summed E-state index contributed by atoms with van der Waals surface area (Å²) in [5, 5.41) is 0. The van der Waals surface area contributed by atoms with Crippen molar-refractivity contribution in [1.29, 1.82) is 0 Å². The number of fused-ring (bicyclic) bond motifs is 1. The zero-order chi connectivity index (χ0) is 46.6. The van der Waals surface area contributed by atoms with Gasteiger partial charge in [-0.25, -0.2) is 0 Å². The second kappa shape index (κ2) is 20.0. The summed E-state index contributed by atoms with van der Waals surface area (Å²) in [6.07, 6.45) is 3.22. The molecule has 3 aromatic heterocycles. The van der Waals surface area contributed by atoms with E-state index in [0.29, 0.717) is 12.8 Å². The van der Waals surface area contributed by atoms with E-state index in [-0.39, 0.29) is 5.97 Å². The molecule has 3 heterocycles. The molecule has 0 atom stereocenters. The average molecular weight is 943 g/mol. The average Bonchev–Trinajstić information content (AvgIpc) is 4.19. The molecule has 0 aliphatic rings. The first-order chi connectivity index (χ1) is 33.3. The number of hydrogen-bond acceptors (Lipinski definition) is 9. The Labute approximate surface area is 410 Å². The third kappa shape index (κ3) is 9.51. The Bertz CT molecular complexity index is 3300. The molecule has 0 unspecified atom stereocenters. The number of aryl methyl sites for hydroxylation is 4. The third-order valence-electron chi connectivity index (χ3n) is 12.3. The van der Waals surface area contributed by atoms with Crippen molar-refractivity contribution in [2.45, 2.75) is 46.5 Å². The van der Waals surface area contributed by atoms with Crippen LogP contribution in [-0.2, 0) is 22.4 Å². The van der Waals surface area contributed by atoms with Gasteiger partial charge in [-0.05, 0) is 146 Å². The fourth-order valence-electron chi connectivity index (χ4n) is 8.63. The molecule has 6 nitrogen and oxygen atoms in total. The first-order valence-corrected chi connectivity index (χ1v) is 25.3. The van der Waals surface area contributed by atoms with Crippen molar-refractivity contribution in [2.24, 2.45) is 0 Å². The molecule has 0 aliphatic carbocycles. The summed E-state index contributed by atoms with van der Waals surface area (Å²) < 4.78 is 14.6. The fraction of sp³-hybridized carbons (Fsp3) is 0.136. The van der Waals surface area contributed by atoms with Crippen LogP contribution < -0.4 is 9.80 Å². The van der Waals surface area contributed by atoms with Crippen molar-refractivity contribution in [1.82, 2.24) is 8.75 Å².